The van der Waals surface area contributed by atoms with Crippen molar-refractivity contribution < 1.29 is 0 Å². The zero-order valence-electron chi connectivity index (χ0n) is 12.3. The van der Waals surface area contributed by atoms with Crippen molar-refractivity contribution in [2.45, 2.75) is 45.2 Å². The molecule has 1 fully saturated rings. The van der Waals surface area contributed by atoms with Crippen LogP contribution in [0.4, 0.5) is 0 Å². The standard InChI is InChI=1S/C13H21N7.ClH/c1-2-19-10-15-17-13(19)5-7-20-9-12(16-18-20)11-4-3-6-14-8-11;/h9-11,14H,2-8H2,1H3;1H. The number of nitrogens with zero attached hydrogens (tertiary/aromatic N) is 6. The van der Waals surface area contributed by atoms with Crippen LogP contribution in [0.2, 0.25) is 0 Å². The van der Waals surface area contributed by atoms with Crippen LogP contribution < -0.4 is 5.32 Å². The van der Waals surface area contributed by atoms with Crippen LogP contribution in [0.3, 0.4) is 0 Å². The summed E-state index contributed by atoms with van der Waals surface area (Å²) in [6.45, 7) is 5.93. The highest BCUT2D eigenvalue weighted by Crippen LogP contribution is 2.20. The van der Waals surface area contributed by atoms with E-state index in [0.29, 0.717) is 5.92 Å². The van der Waals surface area contributed by atoms with Crippen molar-refractivity contribution in [2.24, 2.45) is 0 Å². The number of piperidine rings is 1. The molecule has 0 aromatic carbocycles. The van der Waals surface area contributed by atoms with Crippen molar-refractivity contribution in [1.82, 2.24) is 35.1 Å². The summed E-state index contributed by atoms with van der Waals surface area (Å²) in [5.41, 5.74) is 1.11. The van der Waals surface area contributed by atoms with Crippen molar-refractivity contribution in [2.75, 3.05) is 13.1 Å². The van der Waals surface area contributed by atoms with Gasteiger partial charge in [-0.2, -0.15) is 0 Å². The van der Waals surface area contributed by atoms with Crippen molar-refractivity contribution in [1.29, 1.82) is 0 Å². The van der Waals surface area contributed by atoms with Crippen LogP contribution in [0.15, 0.2) is 12.5 Å². The second-order valence-electron chi connectivity index (χ2n) is 5.23. The Morgan fingerprint density at radius 2 is 2.29 bits per heavy atom. The van der Waals surface area contributed by atoms with Crippen LogP contribution in [0.25, 0.3) is 0 Å². The predicted molar refractivity (Wildman–Crippen MR) is 81.5 cm³/mol. The molecule has 0 saturated carbocycles. The van der Waals surface area contributed by atoms with E-state index in [1.807, 2.05) is 4.68 Å². The Bertz CT molecular complexity index is 544. The molecule has 8 heteroatoms. The Hall–Kier alpha value is -1.47. The van der Waals surface area contributed by atoms with Gasteiger partial charge in [-0.05, 0) is 26.3 Å². The highest BCUT2D eigenvalue weighted by Gasteiger charge is 2.18. The molecule has 7 nitrogen and oxygen atoms in total. The van der Waals surface area contributed by atoms with Crippen molar-refractivity contribution in [3.8, 4) is 0 Å². The summed E-state index contributed by atoms with van der Waals surface area (Å²) in [5.74, 6) is 1.51. The van der Waals surface area contributed by atoms with Crippen molar-refractivity contribution >= 4 is 12.4 Å². The molecule has 21 heavy (non-hydrogen) atoms. The molecule has 0 bridgehead atoms. The zero-order valence-corrected chi connectivity index (χ0v) is 13.1. The number of aryl methyl sites for hydroxylation is 3. The maximum Gasteiger partial charge on any atom is 0.134 e. The maximum absolute atomic E-state index is 4.31. The number of nitrogens with one attached hydrogen (secondary N) is 1. The molecule has 0 spiro atoms. The molecule has 1 aliphatic rings. The molecular weight excluding hydrogens is 290 g/mol. The summed E-state index contributed by atoms with van der Waals surface area (Å²) in [6.07, 6.45) is 7.10. The summed E-state index contributed by atoms with van der Waals surface area (Å²) in [7, 11) is 0. The normalized spacial score (nSPS) is 18.4. The Morgan fingerprint density at radius 1 is 1.38 bits per heavy atom. The molecule has 3 heterocycles. The fourth-order valence-corrected chi connectivity index (χ4v) is 2.67. The Balaban J connectivity index is 0.00000161. The van der Waals surface area contributed by atoms with Gasteiger partial charge in [-0.15, -0.1) is 27.7 Å². The quantitative estimate of drug-likeness (QED) is 0.892. The van der Waals surface area contributed by atoms with Gasteiger partial charge in [0, 0.05) is 38.2 Å². The average molecular weight is 312 g/mol. The van der Waals surface area contributed by atoms with Gasteiger partial charge in [0.2, 0.25) is 0 Å². The third-order valence-corrected chi connectivity index (χ3v) is 3.87. The van der Waals surface area contributed by atoms with Crippen LogP contribution in [0.5, 0.6) is 0 Å². The first-order valence-corrected chi connectivity index (χ1v) is 7.34. The molecule has 2 aromatic rings. The van der Waals surface area contributed by atoms with E-state index in [2.05, 4.69) is 43.5 Å². The molecule has 1 aliphatic heterocycles. The van der Waals surface area contributed by atoms with E-state index in [-0.39, 0.29) is 12.4 Å². The average Bonchev–Trinajstić information content (AvgIpc) is 3.15. The SMILES string of the molecule is CCn1cnnc1CCn1cc(C2CCCNC2)nn1.Cl. The summed E-state index contributed by atoms with van der Waals surface area (Å²) in [6, 6.07) is 0. The highest BCUT2D eigenvalue weighted by atomic mass is 35.5. The number of hydrogen-bond donors (Lipinski definition) is 1. The molecule has 0 aliphatic carbocycles. The van der Waals surface area contributed by atoms with Gasteiger partial charge in [0.25, 0.3) is 0 Å². The van der Waals surface area contributed by atoms with Gasteiger partial charge in [0.1, 0.15) is 12.2 Å². The lowest BCUT2D eigenvalue weighted by Gasteiger charge is -2.20. The van der Waals surface area contributed by atoms with Gasteiger partial charge >= 0.3 is 0 Å². The molecule has 0 radical (unpaired) electrons. The summed E-state index contributed by atoms with van der Waals surface area (Å²) in [4.78, 5) is 0. The lowest BCUT2D eigenvalue weighted by molar-refractivity contribution is 0.454. The molecule has 0 amide bonds. The van der Waals surface area contributed by atoms with E-state index in [0.717, 1.165) is 44.1 Å². The Morgan fingerprint density at radius 3 is 3.05 bits per heavy atom. The fraction of sp³-hybridized carbons (Fsp3) is 0.692. The lowest BCUT2D eigenvalue weighted by atomic mass is 9.97. The predicted octanol–water partition coefficient (Wildman–Crippen LogP) is 1.02. The summed E-state index contributed by atoms with van der Waals surface area (Å²) >= 11 is 0. The van der Waals surface area contributed by atoms with Gasteiger partial charge in [-0.1, -0.05) is 5.21 Å². The molecular formula is C13H22ClN7. The molecule has 1 N–H and O–H groups in total. The molecule has 1 unspecified atom stereocenters. The monoisotopic (exact) mass is 311 g/mol. The first-order chi connectivity index (χ1) is 9.86. The molecule has 3 rings (SSSR count). The van der Waals surface area contributed by atoms with Gasteiger partial charge < -0.3 is 9.88 Å². The second-order valence-corrected chi connectivity index (χ2v) is 5.23. The minimum atomic E-state index is 0. The van der Waals surface area contributed by atoms with Gasteiger partial charge in [-0.3, -0.25) is 4.68 Å². The van der Waals surface area contributed by atoms with Crippen LogP contribution in [-0.4, -0.2) is 42.8 Å². The van der Waals surface area contributed by atoms with Crippen LogP contribution >= 0.6 is 12.4 Å². The minimum Gasteiger partial charge on any atom is -0.318 e. The third kappa shape index (κ3) is 3.79. The molecule has 2 aromatic heterocycles. The smallest absolute Gasteiger partial charge is 0.134 e. The first kappa shape index (κ1) is 15.9. The Kier molecular flexibility index (Phi) is 5.69. The van der Waals surface area contributed by atoms with Crippen molar-refractivity contribution in [3.05, 3.63) is 24.0 Å². The molecule has 1 atom stereocenters. The van der Waals surface area contributed by atoms with Gasteiger partial charge in [0.05, 0.1) is 5.69 Å². The number of rotatable bonds is 5. The molecule has 116 valence electrons. The number of hydrogen-bond acceptors (Lipinski definition) is 5. The Labute approximate surface area is 130 Å². The van der Waals surface area contributed by atoms with E-state index in [4.69, 9.17) is 0 Å². The van der Waals surface area contributed by atoms with Gasteiger partial charge in [0.15, 0.2) is 0 Å². The van der Waals surface area contributed by atoms with Crippen LogP contribution in [0.1, 0.15) is 37.2 Å². The van der Waals surface area contributed by atoms with E-state index in [9.17, 15) is 0 Å². The molecule has 1 saturated heterocycles. The van der Waals surface area contributed by atoms with E-state index in [1.54, 1.807) is 6.33 Å². The van der Waals surface area contributed by atoms with E-state index >= 15 is 0 Å². The van der Waals surface area contributed by atoms with Crippen LogP contribution in [0, 0.1) is 0 Å². The minimum absolute atomic E-state index is 0. The largest absolute Gasteiger partial charge is 0.318 e. The van der Waals surface area contributed by atoms with Crippen LogP contribution in [-0.2, 0) is 19.5 Å². The van der Waals surface area contributed by atoms with E-state index < -0.39 is 0 Å². The fourth-order valence-electron chi connectivity index (χ4n) is 2.67. The highest BCUT2D eigenvalue weighted by molar-refractivity contribution is 5.85. The maximum atomic E-state index is 4.31. The summed E-state index contributed by atoms with van der Waals surface area (Å²) in [5, 5.41) is 20.0. The second kappa shape index (κ2) is 7.51. The van der Waals surface area contributed by atoms with E-state index in [1.165, 1.54) is 12.8 Å². The third-order valence-electron chi connectivity index (χ3n) is 3.87. The first-order valence-electron chi connectivity index (χ1n) is 7.34. The summed E-state index contributed by atoms with van der Waals surface area (Å²) < 4.78 is 3.97. The topological polar surface area (TPSA) is 73.5 Å². The van der Waals surface area contributed by atoms with Gasteiger partial charge in [-0.25, -0.2) is 0 Å². The van der Waals surface area contributed by atoms with Crippen molar-refractivity contribution in [3.63, 3.8) is 0 Å². The number of aromatic nitrogens is 6. The zero-order chi connectivity index (χ0) is 13.8. The lowest BCUT2D eigenvalue weighted by Crippen LogP contribution is -2.28. The number of halogens is 1.